The number of sulfonamides is 1. The van der Waals surface area contributed by atoms with E-state index in [1.165, 1.54) is 11.2 Å². The highest BCUT2D eigenvalue weighted by Crippen LogP contribution is 2.24. The number of nitrogens with zero attached hydrogens (tertiary/aromatic N) is 1. The molecule has 0 radical (unpaired) electrons. The fourth-order valence-electron chi connectivity index (χ4n) is 2.61. The first-order valence-electron chi connectivity index (χ1n) is 7.80. The third-order valence-electron chi connectivity index (χ3n) is 4.20. The Hall–Kier alpha value is -1.93. The van der Waals surface area contributed by atoms with Gasteiger partial charge in [0.25, 0.3) is 0 Å². The van der Waals surface area contributed by atoms with Crippen molar-refractivity contribution in [1.29, 1.82) is 0 Å². The molecule has 7 nitrogen and oxygen atoms in total. The number of nitrogens with one attached hydrogen (secondary N) is 1. The topological polar surface area (TPSA) is 107 Å². The fourth-order valence-corrected chi connectivity index (χ4v) is 4.08. The molecule has 24 heavy (non-hydrogen) atoms. The number of carboxylic acids is 1. The zero-order valence-corrected chi connectivity index (χ0v) is 14.5. The van der Waals surface area contributed by atoms with E-state index in [1.54, 1.807) is 24.3 Å². The van der Waals surface area contributed by atoms with Crippen LogP contribution < -0.4 is 10.4 Å². The highest BCUT2D eigenvalue weighted by Gasteiger charge is 2.32. The molecule has 1 heterocycles. The number of benzene rings is 1. The van der Waals surface area contributed by atoms with Gasteiger partial charge in [0.1, 0.15) is 0 Å². The molecule has 1 atom stereocenters. The van der Waals surface area contributed by atoms with Crippen molar-refractivity contribution in [2.45, 2.75) is 37.6 Å². The quantitative estimate of drug-likeness (QED) is 0.779. The molecule has 0 aliphatic carbocycles. The summed E-state index contributed by atoms with van der Waals surface area (Å²) in [4.78, 5) is 22.9. The Morgan fingerprint density at radius 3 is 2.25 bits per heavy atom. The van der Waals surface area contributed by atoms with Crippen molar-refractivity contribution in [2.24, 2.45) is 5.92 Å². The van der Waals surface area contributed by atoms with Gasteiger partial charge in [-0.3, -0.25) is 4.79 Å². The van der Waals surface area contributed by atoms with Crippen LogP contribution in [0.15, 0.2) is 29.2 Å². The van der Waals surface area contributed by atoms with Crippen LogP contribution in [0.2, 0.25) is 0 Å². The van der Waals surface area contributed by atoms with Crippen LogP contribution >= 0.6 is 0 Å². The fraction of sp³-hybridized carbons (Fsp3) is 0.500. The largest absolute Gasteiger partial charge is 0.548 e. The molecule has 8 heteroatoms. The standard InChI is InChI=1S/C16H22N2O5S/c1-11-3-5-14(6-4-11)24(22,23)18-9-7-13(8-10-18)15(19)17-12(2)16(20)21/h3-6,12-13H,7-10H2,1-2H3,(H,17,19)(H,20,21)/p-1/t12-/m1/s1. The Bertz CT molecular complexity index is 706. The number of carbonyl (C=O) groups excluding carboxylic acids is 2. The Balaban J connectivity index is 1.98. The lowest BCUT2D eigenvalue weighted by Crippen LogP contribution is -2.49. The number of hydrogen-bond donors (Lipinski definition) is 1. The van der Waals surface area contributed by atoms with E-state index in [2.05, 4.69) is 5.32 Å². The van der Waals surface area contributed by atoms with Crippen LogP contribution in [0.4, 0.5) is 0 Å². The SMILES string of the molecule is Cc1ccc(S(=O)(=O)N2CCC(C(=O)N[C@H](C)C(=O)[O-])CC2)cc1. The first kappa shape index (κ1) is 18.4. The predicted molar refractivity (Wildman–Crippen MR) is 85.3 cm³/mol. The van der Waals surface area contributed by atoms with Gasteiger partial charge in [0.15, 0.2) is 0 Å². The normalized spacial score (nSPS) is 18.1. The average Bonchev–Trinajstić information content (AvgIpc) is 2.55. The molecule has 1 aliphatic heterocycles. The molecule has 1 aliphatic rings. The molecule has 0 bridgehead atoms. The van der Waals surface area contributed by atoms with Gasteiger partial charge in [-0.2, -0.15) is 4.31 Å². The highest BCUT2D eigenvalue weighted by molar-refractivity contribution is 7.89. The minimum Gasteiger partial charge on any atom is -0.548 e. The molecule has 0 saturated carbocycles. The third-order valence-corrected chi connectivity index (χ3v) is 6.11. The molecule has 1 aromatic carbocycles. The summed E-state index contributed by atoms with van der Waals surface area (Å²) in [6.45, 7) is 3.68. The maximum Gasteiger partial charge on any atom is 0.243 e. The lowest BCUT2D eigenvalue weighted by molar-refractivity contribution is -0.307. The van der Waals surface area contributed by atoms with E-state index in [-0.39, 0.29) is 23.9 Å². The van der Waals surface area contributed by atoms with Gasteiger partial charge >= 0.3 is 0 Å². The minimum absolute atomic E-state index is 0.230. The van der Waals surface area contributed by atoms with Crippen LogP contribution in [-0.2, 0) is 19.6 Å². The van der Waals surface area contributed by atoms with E-state index in [9.17, 15) is 23.1 Å². The number of rotatable bonds is 5. The van der Waals surface area contributed by atoms with Crippen LogP contribution in [0.3, 0.4) is 0 Å². The Morgan fingerprint density at radius 1 is 1.21 bits per heavy atom. The van der Waals surface area contributed by atoms with Crippen molar-refractivity contribution in [3.63, 3.8) is 0 Å². The second-order valence-corrected chi connectivity index (χ2v) is 7.98. The molecule has 0 unspecified atom stereocenters. The van der Waals surface area contributed by atoms with Crippen LogP contribution in [0.5, 0.6) is 0 Å². The first-order valence-corrected chi connectivity index (χ1v) is 9.24. The van der Waals surface area contributed by atoms with Gasteiger partial charge in [0, 0.05) is 19.0 Å². The lowest BCUT2D eigenvalue weighted by atomic mass is 9.97. The summed E-state index contributed by atoms with van der Waals surface area (Å²) in [5, 5.41) is 13.0. The number of hydrogen-bond acceptors (Lipinski definition) is 5. The molecule has 1 aromatic rings. The monoisotopic (exact) mass is 353 g/mol. The zero-order chi connectivity index (χ0) is 17.9. The molecule has 1 saturated heterocycles. The molecule has 132 valence electrons. The van der Waals surface area contributed by atoms with E-state index in [4.69, 9.17) is 0 Å². The number of carboxylic acid groups (broad SMARTS) is 1. The van der Waals surface area contributed by atoms with Gasteiger partial charge in [0.2, 0.25) is 15.9 Å². The molecule has 0 spiro atoms. The van der Waals surface area contributed by atoms with Crippen molar-refractivity contribution in [2.75, 3.05) is 13.1 Å². The number of piperidine rings is 1. The van der Waals surface area contributed by atoms with Crippen molar-refractivity contribution in [1.82, 2.24) is 9.62 Å². The third kappa shape index (κ3) is 4.12. The lowest BCUT2D eigenvalue weighted by Gasteiger charge is -2.31. The van der Waals surface area contributed by atoms with Crippen molar-refractivity contribution >= 4 is 21.9 Å². The van der Waals surface area contributed by atoms with Crippen molar-refractivity contribution in [3.05, 3.63) is 29.8 Å². The number of aliphatic carboxylic acids is 1. The molecule has 1 fully saturated rings. The van der Waals surface area contributed by atoms with Gasteiger partial charge in [-0.25, -0.2) is 8.42 Å². The molecule has 1 N–H and O–H groups in total. The van der Waals surface area contributed by atoms with E-state index in [0.29, 0.717) is 12.8 Å². The van der Waals surface area contributed by atoms with Gasteiger partial charge in [-0.15, -0.1) is 0 Å². The van der Waals surface area contributed by atoms with E-state index in [0.717, 1.165) is 5.56 Å². The number of amides is 1. The summed E-state index contributed by atoms with van der Waals surface area (Å²) >= 11 is 0. The Morgan fingerprint density at radius 2 is 1.75 bits per heavy atom. The summed E-state index contributed by atoms with van der Waals surface area (Å²) in [6, 6.07) is 5.57. The highest BCUT2D eigenvalue weighted by atomic mass is 32.2. The van der Waals surface area contributed by atoms with Crippen LogP contribution in [0, 0.1) is 12.8 Å². The van der Waals surface area contributed by atoms with Crippen LogP contribution in [0.25, 0.3) is 0 Å². The van der Waals surface area contributed by atoms with Gasteiger partial charge in [-0.05, 0) is 38.8 Å². The van der Waals surface area contributed by atoms with Crippen LogP contribution in [0.1, 0.15) is 25.3 Å². The van der Waals surface area contributed by atoms with Gasteiger partial charge < -0.3 is 15.2 Å². The van der Waals surface area contributed by atoms with E-state index >= 15 is 0 Å². The predicted octanol–water partition coefficient (Wildman–Crippen LogP) is -0.350. The van der Waals surface area contributed by atoms with E-state index in [1.807, 2.05) is 6.92 Å². The first-order chi connectivity index (χ1) is 11.2. The van der Waals surface area contributed by atoms with Gasteiger partial charge in [-0.1, -0.05) is 17.7 Å². The van der Waals surface area contributed by atoms with E-state index < -0.39 is 28.0 Å². The second kappa shape index (κ2) is 7.31. The number of carbonyl (C=O) groups is 2. The number of aryl methyl sites for hydroxylation is 1. The molecule has 0 aromatic heterocycles. The van der Waals surface area contributed by atoms with Crippen molar-refractivity contribution in [3.8, 4) is 0 Å². The Labute approximate surface area is 141 Å². The Kier molecular flexibility index (Phi) is 5.61. The zero-order valence-electron chi connectivity index (χ0n) is 13.7. The summed E-state index contributed by atoms with van der Waals surface area (Å²) in [5.41, 5.74) is 0.978. The minimum atomic E-state index is -3.57. The molecular formula is C16H21N2O5S-. The molecular weight excluding hydrogens is 332 g/mol. The second-order valence-electron chi connectivity index (χ2n) is 6.04. The average molecular weight is 353 g/mol. The van der Waals surface area contributed by atoms with Crippen LogP contribution in [-0.4, -0.2) is 43.7 Å². The van der Waals surface area contributed by atoms with Gasteiger partial charge in [0.05, 0.1) is 16.9 Å². The summed E-state index contributed by atoms with van der Waals surface area (Å²) < 4.78 is 26.5. The maximum atomic E-state index is 12.6. The summed E-state index contributed by atoms with van der Waals surface area (Å²) in [7, 11) is -3.57. The maximum absolute atomic E-state index is 12.6. The molecule has 2 rings (SSSR count). The smallest absolute Gasteiger partial charge is 0.243 e. The summed E-state index contributed by atoms with van der Waals surface area (Å²) in [5.74, 6) is -2.11. The summed E-state index contributed by atoms with van der Waals surface area (Å²) in [6.07, 6.45) is 0.716. The molecule has 1 amide bonds. The van der Waals surface area contributed by atoms with Crippen molar-refractivity contribution < 1.29 is 23.1 Å².